The highest BCUT2D eigenvalue weighted by molar-refractivity contribution is 7.20. The molecule has 1 unspecified atom stereocenters. The molecule has 1 N–H and O–H groups in total. The summed E-state index contributed by atoms with van der Waals surface area (Å²) in [6.07, 6.45) is 2.62. The molecule has 0 aromatic carbocycles. The first kappa shape index (κ1) is 15.7. The van der Waals surface area contributed by atoms with E-state index in [1.165, 1.54) is 15.8 Å². The highest BCUT2D eigenvalue weighted by atomic mass is 32.1. The topological polar surface area (TPSA) is 92.5 Å². The minimum atomic E-state index is -0.985. The molecular formula is C15H17N3O4S. The Morgan fingerprint density at radius 3 is 2.87 bits per heavy atom. The maximum Gasteiger partial charge on any atom is 0.326 e. The Balaban J connectivity index is 2.08. The van der Waals surface area contributed by atoms with Crippen molar-refractivity contribution in [2.45, 2.75) is 39.3 Å². The molecule has 2 aromatic heterocycles. The zero-order chi connectivity index (χ0) is 16.7. The van der Waals surface area contributed by atoms with Crippen molar-refractivity contribution >= 4 is 33.4 Å². The monoisotopic (exact) mass is 335 g/mol. The first-order valence-corrected chi connectivity index (χ1v) is 8.29. The molecule has 7 nitrogen and oxygen atoms in total. The molecule has 1 aliphatic heterocycles. The molecule has 1 aliphatic rings. The summed E-state index contributed by atoms with van der Waals surface area (Å²) in [4.78, 5) is 43.0. The number of carbonyl (C=O) groups is 2. The van der Waals surface area contributed by atoms with Gasteiger partial charge in [-0.25, -0.2) is 9.78 Å². The fourth-order valence-corrected chi connectivity index (χ4v) is 4.08. The van der Waals surface area contributed by atoms with Crippen molar-refractivity contribution in [1.29, 1.82) is 0 Å². The van der Waals surface area contributed by atoms with Gasteiger partial charge >= 0.3 is 5.97 Å². The molecule has 0 saturated carbocycles. The first-order valence-electron chi connectivity index (χ1n) is 7.48. The zero-order valence-corrected chi connectivity index (χ0v) is 13.7. The number of likely N-dealkylation sites (tertiary alicyclic amines) is 1. The Bertz CT molecular complexity index is 854. The average molecular weight is 335 g/mol. The van der Waals surface area contributed by atoms with Gasteiger partial charge in [-0.3, -0.25) is 14.2 Å². The van der Waals surface area contributed by atoms with E-state index in [4.69, 9.17) is 0 Å². The van der Waals surface area contributed by atoms with Gasteiger partial charge < -0.3 is 10.0 Å². The summed E-state index contributed by atoms with van der Waals surface area (Å²) in [5.74, 6) is -1.31. The number of thiophene rings is 1. The number of aromatic nitrogens is 2. The second-order valence-electron chi connectivity index (χ2n) is 5.57. The molecule has 2 aromatic rings. The van der Waals surface area contributed by atoms with Crippen molar-refractivity contribution in [2.75, 3.05) is 6.54 Å². The SMILES string of the molecule is CCn1cnc2sc(C(=O)N3CCCC3C(=O)O)c(C)c2c1=O. The molecule has 0 aliphatic carbocycles. The van der Waals surface area contributed by atoms with Crippen LogP contribution in [0, 0.1) is 6.92 Å². The van der Waals surface area contributed by atoms with Crippen LogP contribution in [0.3, 0.4) is 0 Å². The molecule has 122 valence electrons. The summed E-state index contributed by atoms with van der Waals surface area (Å²) in [6, 6.07) is -0.785. The van der Waals surface area contributed by atoms with Crippen molar-refractivity contribution < 1.29 is 14.7 Å². The summed E-state index contributed by atoms with van der Waals surface area (Å²) < 4.78 is 1.49. The smallest absolute Gasteiger partial charge is 0.326 e. The predicted molar refractivity (Wildman–Crippen MR) is 86.0 cm³/mol. The van der Waals surface area contributed by atoms with Crippen LogP contribution < -0.4 is 5.56 Å². The number of hydrogen-bond acceptors (Lipinski definition) is 5. The third kappa shape index (κ3) is 2.42. The molecule has 0 spiro atoms. The van der Waals surface area contributed by atoms with Crippen molar-refractivity contribution in [2.24, 2.45) is 0 Å². The number of aryl methyl sites for hydroxylation is 2. The molecule has 0 bridgehead atoms. The molecule has 1 atom stereocenters. The minimum absolute atomic E-state index is 0.165. The van der Waals surface area contributed by atoms with Gasteiger partial charge in [-0.05, 0) is 32.3 Å². The standard InChI is InChI=1S/C15H17N3O4S/c1-3-17-7-16-12-10(13(17)19)8(2)11(23-12)14(20)18-6-4-5-9(18)15(21)22/h7,9H,3-6H2,1-2H3,(H,21,22). The third-order valence-corrected chi connectivity index (χ3v) is 5.44. The Morgan fingerprint density at radius 2 is 2.22 bits per heavy atom. The van der Waals surface area contributed by atoms with Crippen LogP contribution in [-0.4, -0.2) is 44.0 Å². The number of aliphatic carboxylic acids is 1. The van der Waals surface area contributed by atoms with E-state index in [1.54, 1.807) is 6.92 Å². The molecule has 3 heterocycles. The quantitative estimate of drug-likeness (QED) is 0.917. The summed E-state index contributed by atoms with van der Waals surface area (Å²) >= 11 is 1.16. The van der Waals surface area contributed by atoms with Gasteiger partial charge in [0.1, 0.15) is 10.9 Å². The van der Waals surface area contributed by atoms with Gasteiger partial charge in [0.25, 0.3) is 11.5 Å². The molecule has 0 radical (unpaired) electrons. The fourth-order valence-electron chi connectivity index (χ4n) is 2.99. The van der Waals surface area contributed by atoms with Gasteiger partial charge in [-0.2, -0.15) is 0 Å². The maximum absolute atomic E-state index is 12.8. The third-order valence-electron chi connectivity index (χ3n) is 4.25. The summed E-state index contributed by atoms with van der Waals surface area (Å²) in [5.41, 5.74) is 0.424. The summed E-state index contributed by atoms with van der Waals surface area (Å²) in [7, 11) is 0. The van der Waals surface area contributed by atoms with Crippen LogP contribution >= 0.6 is 11.3 Å². The second-order valence-corrected chi connectivity index (χ2v) is 6.57. The zero-order valence-electron chi connectivity index (χ0n) is 12.9. The van der Waals surface area contributed by atoms with Crippen LogP contribution in [0.5, 0.6) is 0 Å². The number of fused-ring (bicyclic) bond motifs is 1. The Kier molecular flexibility index (Phi) is 3.93. The Morgan fingerprint density at radius 1 is 1.48 bits per heavy atom. The molecular weight excluding hydrogens is 318 g/mol. The van der Waals surface area contributed by atoms with E-state index in [0.29, 0.717) is 46.6 Å². The van der Waals surface area contributed by atoms with Gasteiger partial charge in [-0.1, -0.05) is 0 Å². The first-order chi connectivity index (χ1) is 11.0. The second kappa shape index (κ2) is 5.77. The highest BCUT2D eigenvalue weighted by Gasteiger charge is 2.36. The van der Waals surface area contributed by atoms with Crippen LogP contribution in [0.2, 0.25) is 0 Å². The lowest BCUT2D eigenvalue weighted by molar-refractivity contribution is -0.141. The molecule has 1 saturated heterocycles. The fraction of sp³-hybridized carbons (Fsp3) is 0.467. The van der Waals surface area contributed by atoms with Crippen LogP contribution in [0.1, 0.15) is 35.0 Å². The molecule has 1 fully saturated rings. The van der Waals surface area contributed by atoms with Crippen LogP contribution in [0.15, 0.2) is 11.1 Å². The maximum atomic E-state index is 12.8. The van der Waals surface area contributed by atoms with E-state index in [2.05, 4.69) is 4.98 Å². The lowest BCUT2D eigenvalue weighted by Crippen LogP contribution is -2.40. The molecule has 8 heteroatoms. The number of carboxylic acid groups (broad SMARTS) is 1. The largest absolute Gasteiger partial charge is 0.480 e. The van der Waals surface area contributed by atoms with Crippen LogP contribution in [0.4, 0.5) is 0 Å². The van der Waals surface area contributed by atoms with Gasteiger partial charge in [0.05, 0.1) is 16.6 Å². The van der Waals surface area contributed by atoms with E-state index in [0.717, 1.165) is 11.3 Å². The highest BCUT2D eigenvalue weighted by Crippen LogP contribution is 2.30. The molecule has 23 heavy (non-hydrogen) atoms. The van der Waals surface area contributed by atoms with E-state index in [9.17, 15) is 19.5 Å². The van der Waals surface area contributed by atoms with Crippen molar-refractivity contribution in [3.63, 3.8) is 0 Å². The average Bonchev–Trinajstić information content (AvgIpc) is 3.12. The summed E-state index contributed by atoms with van der Waals surface area (Å²) in [5, 5.41) is 9.70. The molecule has 3 rings (SSSR count). The normalized spacial score (nSPS) is 17.8. The Hall–Kier alpha value is -2.22. The number of carbonyl (C=O) groups excluding carboxylic acids is 1. The number of nitrogens with zero attached hydrogens (tertiary/aromatic N) is 3. The van der Waals surface area contributed by atoms with E-state index in [-0.39, 0.29) is 11.5 Å². The van der Waals surface area contributed by atoms with Crippen molar-refractivity contribution in [3.05, 3.63) is 27.1 Å². The van der Waals surface area contributed by atoms with Crippen molar-refractivity contribution in [1.82, 2.24) is 14.5 Å². The van der Waals surface area contributed by atoms with E-state index >= 15 is 0 Å². The lowest BCUT2D eigenvalue weighted by atomic mass is 10.2. The molecule has 1 amide bonds. The van der Waals surface area contributed by atoms with E-state index < -0.39 is 12.0 Å². The van der Waals surface area contributed by atoms with E-state index in [1.807, 2.05) is 6.92 Å². The minimum Gasteiger partial charge on any atom is -0.480 e. The number of amides is 1. The van der Waals surface area contributed by atoms with Crippen LogP contribution in [-0.2, 0) is 11.3 Å². The lowest BCUT2D eigenvalue weighted by Gasteiger charge is -2.20. The number of carboxylic acids is 1. The van der Waals surface area contributed by atoms with Gasteiger partial charge in [0.2, 0.25) is 0 Å². The van der Waals surface area contributed by atoms with Gasteiger partial charge in [0.15, 0.2) is 0 Å². The number of rotatable bonds is 3. The summed E-state index contributed by atoms with van der Waals surface area (Å²) in [6.45, 7) is 4.51. The van der Waals surface area contributed by atoms with Gasteiger partial charge in [0, 0.05) is 13.1 Å². The van der Waals surface area contributed by atoms with Crippen LogP contribution in [0.25, 0.3) is 10.2 Å². The van der Waals surface area contributed by atoms with Crippen molar-refractivity contribution in [3.8, 4) is 0 Å². The Labute approximate surface area is 136 Å². The predicted octanol–water partition coefficient (Wildman–Crippen LogP) is 1.48. The number of hydrogen-bond donors (Lipinski definition) is 1. The van der Waals surface area contributed by atoms with Gasteiger partial charge in [-0.15, -0.1) is 11.3 Å².